The average Bonchev–Trinajstić information content (AvgIpc) is 2.45. The minimum absolute atomic E-state index is 0.408. The van der Waals surface area contributed by atoms with Gasteiger partial charge in [-0.3, -0.25) is 4.79 Å². The molecule has 0 aliphatic carbocycles. The SMILES string of the molecule is CC1(C)CCN(CCCC(C)(N)C(N)=O)C1. The van der Waals surface area contributed by atoms with Crippen LogP contribution in [0.25, 0.3) is 0 Å². The molecule has 16 heavy (non-hydrogen) atoms. The van der Waals surface area contributed by atoms with E-state index in [-0.39, 0.29) is 0 Å². The molecule has 0 saturated carbocycles. The molecule has 1 unspecified atom stereocenters. The van der Waals surface area contributed by atoms with Gasteiger partial charge in [0.25, 0.3) is 0 Å². The van der Waals surface area contributed by atoms with Crippen molar-refractivity contribution < 1.29 is 4.79 Å². The van der Waals surface area contributed by atoms with Crippen molar-refractivity contribution in [3.63, 3.8) is 0 Å². The summed E-state index contributed by atoms with van der Waals surface area (Å²) in [5.41, 5.74) is 10.6. The van der Waals surface area contributed by atoms with Crippen LogP contribution in [0.3, 0.4) is 0 Å². The Morgan fingerprint density at radius 3 is 2.56 bits per heavy atom. The Labute approximate surface area is 98.3 Å². The summed E-state index contributed by atoms with van der Waals surface area (Å²) in [6.07, 6.45) is 2.86. The first-order valence-electron chi connectivity index (χ1n) is 6.04. The van der Waals surface area contributed by atoms with Gasteiger partial charge < -0.3 is 16.4 Å². The summed E-state index contributed by atoms with van der Waals surface area (Å²) in [5.74, 6) is -0.408. The van der Waals surface area contributed by atoms with Gasteiger partial charge in [0.05, 0.1) is 5.54 Å². The van der Waals surface area contributed by atoms with E-state index in [4.69, 9.17) is 11.5 Å². The number of likely N-dealkylation sites (tertiary alicyclic amines) is 1. The van der Waals surface area contributed by atoms with E-state index >= 15 is 0 Å². The van der Waals surface area contributed by atoms with Gasteiger partial charge in [0.1, 0.15) is 0 Å². The fraction of sp³-hybridized carbons (Fsp3) is 0.917. The van der Waals surface area contributed by atoms with Crippen LogP contribution in [0.1, 0.15) is 40.0 Å². The summed E-state index contributed by atoms with van der Waals surface area (Å²) in [5, 5.41) is 0. The number of carbonyl (C=O) groups excluding carboxylic acids is 1. The van der Waals surface area contributed by atoms with E-state index in [1.807, 2.05) is 0 Å². The summed E-state index contributed by atoms with van der Waals surface area (Å²) < 4.78 is 0. The highest BCUT2D eigenvalue weighted by Gasteiger charge is 2.30. The van der Waals surface area contributed by atoms with E-state index in [9.17, 15) is 4.79 Å². The molecule has 1 amide bonds. The van der Waals surface area contributed by atoms with Gasteiger partial charge in [0, 0.05) is 6.54 Å². The molecule has 0 spiro atoms. The van der Waals surface area contributed by atoms with Gasteiger partial charge in [-0.25, -0.2) is 0 Å². The lowest BCUT2D eigenvalue weighted by atomic mass is 9.93. The molecule has 1 aliphatic heterocycles. The molecule has 0 bridgehead atoms. The van der Waals surface area contributed by atoms with Crippen LogP contribution in [0, 0.1) is 5.41 Å². The first kappa shape index (κ1) is 13.5. The number of carbonyl (C=O) groups is 1. The maximum atomic E-state index is 11.0. The fourth-order valence-corrected chi connectivity index (χ4v) is 2.21. The number of nitrogens with zero attached hydrogens (tertiary/aromatic N) is 1. The van der Waals surface area contributed by atoms with E-state index in [1.54, 1.807) is 6.92 Å². The van der Waals surface area contributed by atoms with Gasteiger partial charge in [0.15, 0.2) is 0 Å². The number of hydrogen-bond acceptors (Lipinski definition) is 3. The third-order valence-electron chi connectivity index (χ3n) is 3.49. The summed E-state index contributed by atoms with van der Waals surface area (Å²) in [7, 11) is 0. The Balaban J connectivity index is 2.25. The van der Waals surface area contributed by atoms with Crippen LogP contribution in [-0.2, 0) is 4.79 Å². The molecule has 1 saturated heterocycles. The van der Waals surface area contributed by atoms with Gasteiger partial charge in [-0.1, -0.05) is 13.8 Å². The van der Waals surface area contributed by atoms with Gasteiger partial charge in [-0.05, 0) is 44.7 Å². The topological polar surface area (TPSA) is 72.3 Å². The van der Waals surface area contributed by atoms with Crippen molar-refractivity contribution in [3.05, 3.63) is 0 Å². The molecule has 0 aromatic heterocycles. The van der Waals surface area contributed by atoms with Crippen molar-refractivity contribution in [2.45, 2.75) is 45.6 Å². The Kier molecular flexibility index (Phi) is 3.97. The molecule has 0 radical (unpaired) electrons. The van der Waals surface area contributed by atoms with Crippen molar-refractivity contribution in [3.8, 4) is 0 Å². The number of nitrogens with two attached hydrogens (primary N) is 2. The molecular weight excluding hydrogens is 202 g/mol. The maximum absolute atomic E-state index is 11.0. The van der Waals surface area contributed by atoms with Gasteiger partial charge in [-0.15, -0.1) is 0 Å². The summed E-state index contributed by atoms with van der Waals surface area (Å²) in [6, 6.07) is 0. The largest absolute Gasteiger partial charge is 0.368 e. The lowest BCUT2D eigenvalue weighted by molar-refractivity contribution is -0.122. The molecule has 1 heterocycles. The molecule has 94 valence electrons. The van der Waals surface area contributed by atoms with Crippen molar-refractivity contribution in [2.24, 2.45) is 16.9 Å². The number of amides is 1. The average molecular weight is 227 g/mol. The first-order chi connectivity index (χ1) is 7.23. The quantitative estimate of drug-likeness (QED) is 0.726. The second kappa shape index (κ2) is 4.72. The molecule has 0 aromatic carbocycles. The Bertz CT molecular complexity index is 261. The molecular formula is C12H25N3O. The van der Waals surface area contributed by atoms with Crippen molar-refractivity contribution in [2.75, 3.05) is 19.6 Å². The predicted molar refractivity (Wildman–Crippen MR) is 65.9 cm³/mol. The van der Waals surface area contributed by atoms with E-state index in [2.05, 4.69) is 18.7 Å². The molecule has 1 rings (SSSR count). The van der Waals surface area contributed by atoms with Gasteiger partial charge in [-0.2, -0.15) is 0 Å². The Morgan fingerprint density at radius 2 is 2.12 bits per heavy atom. The van der Waals surface area contributed by atoms with Crippen LogP contribution in [0.2, 0.25) is 0 Å². The monoisotopic (exact) mass is 227 g/mol. The zero-order chi connectivity index (χ0) is 12.4. The van der Waals surface area contributed by atoms with Gasteiger partial charge in [0.2, 0.25) is 5.91 Å². The van der Waals surface area contributed by atoms with Crippen LogP contribution in [0.4, 0.5) is 0 Å². The number of primary amides is 1. The minimum atomic E-state index is -0.852. The molecule has 0 aromatic rings. The lowest BCUT2D eigenvalue weighted by Gasteiger charge is -2.23. The second-order valence-corrected chi connectivity index (χ2v) is 6.08. The van der Waals surface area contributed by atoms with Crippen molar-refractivity contribution in [1.82, 2.24) is 4.90 Å². The van der Waals surface area contributed by atoms with E-state index in [1.165, 1.54) is 6.42 Å². The van der Waals surface area contributed by atoms with Gasteiger partial charge >= 0.3 is 0 Å². The summed E-state index contributed by atoms with van der Waals surface area (Å²) in [4.78, 5) is 13.5. The van der Waals surface area contributed by atoms with Crippen LogP contribution in [0.5, 0.6) is 0 Å². The highest BCUT2D eigenvalue weighted by atomic mass is 16.1. The van der Waals surface area contributed by atoms with E-state index in [0.29, 0.717) is 11.8 Å². The highest BCUT2D eigenvalue weighted by Crippen LogP contribution is 2.28. The predicted octanol–water partition coefficient (Wildman–Crippen LogP) is 0.701. The molecule has 1 atom stereocenters. The third kappa shape index (κ3) is 3.76. The third-order valence-corrected chi connectivity index (χ3v) is 3.49. The normalized spacial score (nSPS) is 24.2. The van der Waals surface area contributed by atoms with Crippen LogP contribution >= 0.6 is 0 Å². The highest BCUT2D eigenvalue weighted by molar-refractivity contribution is 5.83. The number of hydrogen-bond donors (Lipinski definition) is 2. The summed E-state index contributed by atoms with van der Waals surface area (Å²) >= 11 is 0. The second-order valence-electron chi connectivity index (χ2n) is 6.08. The standard InChI is InChI=1S/C12H25N3O/c1-11(2)6-8-15(9-11)7-4-5-12(3,14)10(13)16/h4-9,14H2,1-3H3,(H2,13,16). The zero-order valence-electron chi connectivity index (χ0n) is 10.8. The molecule has 1 fully saturated rings. The lowest BCUT2D eigenvalue weighted by Crippen LogP contribution is -2.49. The molecule has 4 nitrogen and oxygen atoms in total. The maximum Gasteiger partial charge on any atom is 0.237 e. The smallest absolute Gasteiger partial charge is 0.237 e. The Morgan fingerprint density at radius 1 is 1.50 bits per heavy atom. The van der Waals surface area contributed by atoms with Crippen molar-refractivity contribution in [1.29, 1.82) is 0 Å². The van der Waals surface area contributed by atoms with E-state index < -0.39 is 11.4 Å². The molecule has 1 aliphatic rings. The summed E-state index contributed by atoms with van der Waals surface area (Å²) in [6.45, 7) is 9.62. The van der Waals surface area contributed by atoms with Crippen LogP contribution in [-0.4, -0.2) is 36.0 Å². The molecule has 4 heteroatoms. The first-order valence-corrected chi connectivity index (χ1v) is 6.04. The minimum Gasteiger partial charge on any atom is -0.368 e. The number of rotatable bonds is 5. The van der Waals surface area contributed by atoms with Crippen LogP contribution < -0.4 is 11.5 Å². The fourth-order valence-electron chi connectivity index (χ4n) is 2.21. The zero-order valence-corrected chi connectivity index (χ0v) is 10.8. The van der Waals surface area contributed by atoms with Crippen LogP contribution in [0.15, 0.2) is 0 Å². The van der Waals surface area contributed by atoms with E-state index in [0.717, 1.165) is 26.1 Å². The Hall–Kier alpha value is -0.610. The van der Waals surface area contributed by atoms with Crippen molar-refractivity contribution >= 4 is 5.91 Å². The molecule has 4 N–H and O–H groups in total.